The van der Waals surface area contributed by atoms with Crippen molar-refractivity contribution in [3.8, 4) is 0 Å². The van der Waals surface area contributed by atoms with E-state index in [1.165, 1.54) is 6.20 Å². The van der Waals surface area contributed by atoms with Crippen LogP contribution in [-0.2, 0) is 13.0 Å². The predicted octanol–water partition coefficient (Wildman–Crippen LogP) is 2.53. The number of benzene rings is 2. The molecule has 0 spiro atoms. The minimum Gasteiger partial charge on any atom is -0.478 e. The van der Waals surface area contributed by atoms with Crippen molar-refractivity contribution in [1.82, 2.24) is 14.9 Å². The molecule has 1 aromatic heterocycles. The first-order valence-corrected chi connectivity index (χ1v) is 7.98. The van der Waals surface area contributed by atoms with Gasteiger partial charge in [-0.3, -0.25) is 9.78 Å². The van der Waals surface area contributed by atoms with E-state index in [2.05, 4.69) is 9.97 Å². The maximum absolute atomic E-state index is 12.8. The largest absolute Gasteiger partial charge is 0.478 e. The van der Waals surface area contributed by atoms with Crippen LogP contribution in [0.1, 0.15) is 32.0 Å². The van der Waals surface area contributed by atoms with Gasteiger partial charge in [0.15, 0.2) is 0 Å². The minimum absolute atomic E-state index is 0.161. The molecule has 2 heterocycles. The number of carboxylic acid groups (broad SMARTS) is 1. The molecule has 0 atom stereocenters. The topological polar surface area (TPSA) is 83.4 Å². The lowest BCUT2D eigenvalue weighted by Gasteiger charge is -2.28. The molecule has 25 heavy (non-hydrogen) atoms. The van der Waals surface area contributed by atoms with E-state index in [1.54, 1.807) is 23.1 Å². The van der Waals surface area contributed by atoms with Gasteiger partial charge in [-0.05, 0) is 41.8 Å². The Labute approximate surface area is 143 Å². The number of rotatable bonds is 2. The third kappa shape index (κ3) is 2.82. The number of fused-ring (bicyclic) bond motifs is 2. The lowest BCUT2D eigenvalue weighted by atomic mass is 9.97. The van der Waals surface area contributed by atoms with Crippen LogP contribution >= 0.6 is 0 Å². The van der Waals surface area contributed by atoms with Gasteiger partial charge in [-0.15, -0.1) is 0 Å². The molecule has 1 aliphatic rings. The number of aromatic carboxylic acids is 1. The van der Waals surface area contributed by atoms with Crippen molar-refractivity contribution in [3.63, 3.8) is 0 Å². The summed E-state index contributed by atoms with van der Waals surface area (Å²) in [6.07, 6.45) is 2.14. The molecule has 1 N–H and O–H groups in total. The van der Waals surface area contributed by atoms with Crippen LogP contribution in [0.15, 0.2) is 48.7 Å². The third-order valence-corrected chi connectivity index (χ3v) is 4.42. The molecule has 2 aromatic carbocycles. The summed E-state index contributed by atoms with van der Waals surface area (Å²) in [7, 11) is 0. The summed E-state index contributed by atoms with van der Waals surface area (Å²) >= 11 is 0. The van der Waals surface area contributed by atoms with E-state index in [4.69, 9.17) is 5.11 Å². The zero-order valence-corrected chi connectivity index (χ0v) is 13.3. The zero-order chi connectivity index (χ0) is 17.4. The van der Waals surface area contributed by atoms with Crippen molar-refractivity contribution in [1.29, 1.82) is 0 Å². The molecule has 0 bridgehead atoms. The number of hydrogen-bond acceptors (Lipinski definition) is 4. The van der Waals surface area contributed by atoms with Crippen LogP contribution in [-0.4, -0.2) is 38.4 Å². The van der Waals surface area contributed by atoms with Gasteiger partial charge in [-0.2, -0.15) is 0 Å². The molecule has 6 heteroatoms. The van der Waals surface area contributed by atoms with Gasteiger partial charge >= 0.3 is 5.97 Å². The average molecular weight is 333 g/mol. The molecular formula is C19H15N3O3. The van der Waals surface area contributed by atoms with Crippen molar-refractivity contribution in [2.75, 3.05) is 6.54 Å². The normalized spacial score (nSPS) is 13.5. The maximum atomic E-state index is 12.8. The van der Waals surface area contributed by atoms with Crippen LogP contribution in [0.25, 0.3) is 11.0 Å². The third-order valence-electron chi connectivity index (χ3n) is 4.42. The summed E-state index contributed by atoms with van der Waals surface area (Å²) in [6, 6.07) is 12.5. The monoisotopic (exact) mass is 333 g/mol. The van der Waals surface area contributed by atoms with Gasteiger partial charge in [-0.25, -0.2) is 9.78 Å². The molecule has 3 aromatic rings. The summed E-state index contributed by atoms with van der Waals surface area (Å²) in [5.74, 6) is -1.10. The van der Waals surface area contributed by atoms with Crippen molar-refractivity contribution in [2.24, 2.45) is 0 Å². The molecule has 0 unspecified atom stereocenters. The van der Waals surface area contributed by atoms with Gasteiger partial charge in [0.1, 0.15) is 5.69 Å². The van der Waals surface area contributed by atoms with E-state index in [1.807, 2.05) is 24.3 Å². The lowest BCUT2D eigenvalue weighted by Crippen LogP contribution is -2.36. The van der Waals surface area contributed by atoms with Gasteiger partial charge in [0.2, 0.25) is 0 Å². The highest BCUT2D eigenvalue weighted by molar-refractivity contribution is 5.94. The number of nitrogens with zero attached hydrogens (tertiary/aromatic N) is 3. The fraction of sp³-hybridized carbons (Fsp3) is 0.158. The molecule has 1 amide bonds. The Balaban J connectivity index is 1.59. The number of aromatic nitrogens is 2. The quantitative estimate of drug-likeness (QED) is 0.779. The Morgan fingerprint density at radius 1 is 1.04 bits per heavy atom. The first-order valence-electron chi connectivity index (χ1n) is 7.98. The van der Waals surface area contributed by atoms with Gasteiger partial charge in [0.05, 0.1) is 22.8 Å². The molecule has 6 nitrogen and oxygen atoms in total. The van der Waals surface area contributed by atoms with Gasteiger partial charge < -0.3 is 10.0 Å². The van der Waals surface area contributed by atoms with Crippen LogP contribution in [0.2, 0.25) is 0 Å². The molecule has 124 valence electrons. The molecule has 0 fully saturated rings. The molecule has 4 rings (SSSR count). The first kappa shape index (κ1) is 15.3. The van der Waals surface area contributed by atoms with E-state index in [0.717, 1.165) is 16.6 Å². The Bertz CT molecular complexity index is 1000. The second-order valence-electron chi connectivity index (χ2n) is 6.01. The number of carbonyl (C=O) groups excluding carboxylic acids is 1. The Kier molecular flexibility index (Phi) is 3.65. The van der Waals surface area contributed by atoms with Crippen molar-refractivity contribution in [2.45, 2.75) is 13.0 Å². The van der Waals surface area contributed by atoms with E-state index in [9.17, 15) is 9.59 Å². The van der Waals surface area contributed by atoms with Crippen LogP contribution in [0.4, 0.5) is 0 Å². The molecular weight excluding hydrogens is 318 g/mol. The van der Waals surface area contributed by atoms with Gasteiger partial charge in [0.25, 0.3) is 5.91 Å². The fourth-order valence-corrected chi connectivity index (χ4v) is 3.08. The standard InChI is InChI=1S/C19H15N3O3/c23-18(17-10-20-15-3-1-2-4-16(15)21-17)22-8-7-12-9-13(19(24)25)5-6-14(12)11-22/h1-6,9-10H,7-8,11H2,(H,24,25). The zero-order valence-electron chi connectivity index (χ0n) is 13.3. The molecule has 0 saturated heterocycles. The summed E-state index contributed by atoms with van der Waals surface area (Å²) in [4.78, 5) is 34.3. The first-order chi connectivity index (χ1) is 12.1. The smallest absolute Gasteiger partial charge is 0.335 e. The van der Waals surface area contributed by atoms with Crippen LogP contribution in [0, 0.1) is 0 Å². The minimum atomic E-state index is -0.937. The molecule has 0 saturated carbocycles. The van der Waals surface area contributed by atoms with Crippen LogP contribution in [0.3, 0.4) is 0 Å². The Morgan fingerprint density at radius 3 is 2.64 bits per heavy atom. The second-order valence-corrected chi connectivity index (χ2v) is 6.01. The number of hydrogen-bond donors (Lipinski definition) is 1. The van der Waals surface area contributed by atoms with E-state index >= 15 is 0 Å². The van der Waals surface area contributed by atoms with Crippen molar-refractivity contribution in [3.05, 3.63) is 71.0 Å². The van der Waals surface area contributed by atoms with Crippen molar-refractivity contribution >= 4 is 22.9 Å². The average Bonchev–Trinajstić information content (AvgIpc) is 2.66. The van der Waals surface area contributed by atoms with Crippen LogP contribution in [0.5, 0.6) is 0 Å². The highest BCUT2D eigenvalue weighted by atomic mass is 16.4. The maximum Gasteiger partial charge on any atom is 0.335 e. The van der Waals surface area contributed by atoms with E-state index in [-0.39, 0.29) is 11.5 Å². The van der Waals surface area contributed by atoms with Gasteiger partial charge in [0, 0.05) is 13.1 Å². The number of carbonyl (C=O) groups is 2. The number of amides is 1. The van der Waals surface area contributed by atoms with Gasteiger partial charge in [-0.1, -0.05) is 18.2 Å². The van der Waals surface area contributed by atoms with Crippen molar-refractivity contribution < 1.29 is 14.7 Å². The highest BCUT2D eigenvalue weighted by Gasteiger charge is 2.23. The Morgan fingerprint density at radius 2 is 1.84 bits per heavy atom. The number of para-hydroxylation sites is 2. The highest BCUT2D eigenvalue weighted by Crippen LogP contribution is 2.22. The molecule has 1 aliphatic heterocycles. The lowest BCUT2D eigenvalue weighted by molar-refractivity contribution is 0.0691. The van der Waals surface area contributed by atoms with E-state index in [0.29, 0.717) is 30.7 Å². The molecule has 0 radical (unpaired) electrons. The number of carboxylic acids is 1. The fourth-order valence-electron chi connectivity index (χ4n) is 3.08. The van der Waals surface area contributed by atoms with E-state index < -0.39 is 5.97 Å². The Hall–Kier alpha value is -3.28. The summed E-state index contributed by atoms with van der Waals surface area (Å²) in [5.41, 5.74) is 4.00. The van der Waals surface area contributed by atoms with Crippen LogP contribution < -0.4 is 0 Å². The summed E-state index contributed by atoms with van der Waals surface area (Å²) in [6.45, 7) is 0.978. The predicted molar refractivity (Wildman–Crippen MR) is 91.4 cm³/mol. The molecule has 0 aliphatic carbocycles. The summed E-state index contributed by atoms with van der Waals surface area (Å²) in [5, 5.41) is 9.08. The summed E-state index contributed by atoms with van der Waals surface area (Å²) < 4.78 is 0. The second kappa shape index (κ2) is 5.98. The SMILES string of the molecule is O=C(O)c1ccc2c(c1)CCN(C(=O)c1cnc3ccccc3n1)C2.